The molecule has 1 atom stereocenters. The molecule has 7 nitrogen and oxygen atoms in total. The Labute approximate surface area is 150 Å². The molecule has 2 aromatic rings. The Morgan fingerprint density at radius 1 is 1.27 bits per heavy atom. The van der Waals surface area contributed by atoms with Crippen LogP contribution < -0.4 is 4.90 Å². The summed E-state index contributed by atoms with van der Waals surface area (Å²) in [6, 6.07) is 13.3. The number of nitro benzene ring substituents is 1. The van der Waals surface area contributed by atoms with Gasteiger partial charge in [-0.2, -0.15) is 0 Å². The molecule has 1 aliphatic heterocycles. The highest BCUT2D eigenvalue weighted by Crippen LogP contribution is 2.45. The zero-order chi connectivity index (χ0) is 18.8. The highest BCUT2D eigenvalue weighted by Gasteiger charge is 2.39. The maximum atomic E-state index is 12.1. The second kappa shape index (κ2) is 6.97. The van der Waals surface area contributed by atoms with Crippen molar-refractivity contribution >= 4 is 28.6 Å². The summed E-state index contributed by atoms with van der Waals surface area (Å²) in [6.45, 7) is 3.48. The van der Waals surface area contributed by atoms with Crippen LogP contribution in [0.3, 0.4) is 0 Å². The van der Waals surface area contributed by atoms with Crippen LogP contribution in [0.25, 0.3) is 11.3 Å². The van der Waals surface area contributed by atoms with Crippen molar-refractivity contribution in [3.8, 4) is 0 Å². The van der Waals surface area contributed by atoms with E-state index in [1.54, 1.807) is 0 Å². The molecule has 1 heterocycles. The van der Waals surface area contributed by atoms with Crippen LogP contribution in [0, 0.1) is 10.1 Å². The zero-order valence-electron chi connectivity index (χ0n) is 14.4. The minimum atomic E-state index is -1.29. The number of ether oxygens (including phenoxy) is 1. The number of fused-ring (bicyclic) bond motifs is 1. The Morgan fingerprint density at radius 3 is 2.54 bits per heavy atom. The molecular weight excluding hydrogens is 336 g/mol. The van der Waals surface area contributed by atoms with Crippen LogP contribution in [-0.2, 0) is 9.53 Å². The third-order valence-electron chi connectivity index (χ3n) is 4.15. The predicted octanol–water partition coefficient (Wildman–Crippen LogP) is 3.18. The van der Waals surface area contributed by atoms with Crippen molar-refractivity contribution in [3.63, 3.8) is 0 Å². The van der Waals surface area contributed by atoms with Gasteiger partial charge in [0, 0.05) is 30.2 Å². The minimum Gasteiger partial charge on any atom is -0.493 e. The second-order valence-corrected chi connectivity index (χ2v) is 5.76. The van der Waals surface area contributed by atoms with Crippen LogP contribution in [0.2, 0.25) is 0 Å². The molecule has 26 heavy (non-hydrogen) atoms. The van der Waals surface area contributed by atoms with Crippen molar-refractivity contribution in [2.24, 2.45) is 0 Å². The van der Waals surface area contributed by atoms with E-state index < -0.39 is 11.2 Å². The average molecular weight is 354 g/mol. The van der Waals surface area contributed by atoms with Crippen LogP contribution in [0.4, 0.5) is 11.4 Å². The number of aliphatic hydroxyl groups is 1. The third-order valence-corrected chi connectivity index (χ3v) is 4.15. The quantitative estimate of drug-likeness (QED) is 0.517. The van der Waals surface area contributed by atoms with Crippen LogP contribution >= 0.6 is 0 Å². The SMILES string of the molecule is CCO/C(=C1\c2cc([N+](=O)[O-])ccc2N(C(C)=O)C1O)c1ccccc1. The summed E-state index contributed by atoms with van der Waals surface area (Å²) in [5.41, 5.74) is 1.76. The number of hydrogen-bond donors (Lipinski definition) is 1. The van der Waals surface area contributed by atoms with Crippen molar-refractivity contribution < 1.29 is 19.6 Å². The van der Waals surface area contributed by atoms with E-state index in [0.717, 1.165) is 0 Å². The molecule has 1 unspecified atom stereocenters. The number of carbonyl (C=O) groups is 1. The minimum absolute atomic E-state index is 0.122. The highest BCUT2D eigenvalue weighted by molar-refractivity contribution is 6.07. The molecule has 0 bridgehead atoms. The van der Waals surface area contributed by atoms with E-state index in [-0.39, 0.29) is 11.6 Å². The molecule has 3 rings (SSSR count). The maximum Gasteiger partial charge on any atom is 0.270 e. The zero-order valence-corrected chi connectivity index (χ0v) is 14.4. The first-order valence-electron chi connectivity index (χ1n) is 8.14. The Balaban J connectivity index is 2.31. The Hall–Kier alpha value is -3.19. The van der Waals surface area contributed by atoms with Gasteiger partial charge in [-0.25, -0.2) is 0 Å². The summed E-state index contributed by atoms with van der Waals surface area (Å²) in [5.74, 6) is 0.0256. The Bertz CT molecular complexity index is 892. The van der Waals surface area contributed by atoms with Crippen LogP contribution in [-0.4, -0.2) is 28.8 Å². The van der Waals surface area contributed by atoms with Crippen molar-refractivity contribution in [1.29, 1.82) is 0 Å². The fraction of sp³-hybridized carbons (Fsp3) is 0.211. The molecule has 134 valence electrons. The van der Waals surface area contributed by atoms with E-state index in [9.17, 15) is 20.0 Å². The molecule has 0 radical (unpaired) electrons. The monoisotopic (exact) mass is 354 g/mol. The van der Waals surface area contributed by atoms with Gasteiger partial charge in [-0.05, 0) is 13.0 Å². The van der Waals surface area contributed by atoms with Crippen LogP contribution in [0.1, 0.15) is 25.0 Å². The van der Waals surface area contributed by atoms with Crippen LogP contribution in [0.15, 0.2) is 48.5 Å². The van der Waals surface area contributed by atoms with Crippen molar-refractivity contribution in [1.82, 2.24) is 0 Å². The van der Waals surface area contributed by atoms with E-state index in [0.29, 0.717) is 34.8 Å². The number of amides is 1. The molecule has 0 fully saturated rings. The second-order valence-electron chi connectivity index (χ2n) is 5.76. The molecule has 0 aromatic heterocycles. The van der Waals surface area contributed by atoms with Gasteiger partial charge in [0.15, 0.2) is 6.23 Å². The molecule has 0 saturated carbocycles. The van der Waals surface area contributed by atoms with Crippen molar-refractivity contribution in [3.05, 3.63) is 69.8 Å². The first-order valence-corrected chi connectivity index (χ1v) is 8.14. The van der Waals surface area contributed by atoms with Gasteiger partial charge in [0.05, 0.1) is 22.8 Å². The van der Waals surface area contributed by atoms with Gasteiger partial charge in [-0.1, -0.05) is 30.3 Å². The summed E-state index contributed by atoms with van der Waals surface area (Å²) in [4.78, 5) is 23.9. The number of nitrogens with zero attached hydrogens (tertiary/aromatic N) is 2. The van der Waals surface area contributed by atoms with Gasteiger partial charge in [0.2, 0.25) is 5.91 Å². The van der Waals surface area contributed by atoms with Crippen molar-refractivity contribution in [2.45, 2.75) is 20.1 Å². The molecular formula is C19H18N2O5. The fourth-order valence-corrected chi connectivity index (χ4v) is 3.10. The van der Waals surface area contributed by atoms with E-state index in [2.05, 4.69) is 0 Å². The van der Waals surface area contributed by atoms with Gasteiger partial charge in [0.1, 0.15) is 5.76 Å². The summed E-state index contributed by atoms with van der Waals surface area (Å²) in [7, 11) is 0. The van der Waals surface area contributed by atoms with Gasteiger partial charge in [-0.3, -0.25) is 19.8 Å². The molecule has 1 N–H and O–H groups in total. The standard InChI is InChI=1S/C19H18N2O5/c1-3-26-18(13-7-5-4-6-8-13)17-15-11-14(21(24)25)9-10-16(15)20(12(2)22)19(17)23/h4-11,19,23H,3H2,1-2H3/b18-17+. The number of benzene rings is 2. The number of hydrogen-bond acceptors (Lipinski definition) is 5. The smallest absolute Gasteiger partial charge is 0.270 e. The molecule has 0 aliphatic carbocycles. The number of rotatable bonds is 4. The summed E-state index contributed by atoms with van der Waals surface area (Å²) in [5, 5.41) is 22.0. The first kappa shape index (κ1) is 17.6. The molecule has 0 saturated heterocycles. The topological polar surface area (TPSA) is 92.9 Å². The molecule has 1 aliphatic rings. The Kier molecular flexibility index (Phi) is 4.73. The van der Waals surface area contributed by atoms with E-state index in [1.807, 2.05) is 37.3 Å². The van der Waals surface area contributed by atoms with Gasteiger partial charge >= 0.3 is 0 Å². The molecule has 1 amide bonds. The lowest BCUT2D eigenvalue weighted by atomic mass is 10.0. The highest BCUT2D eigenvalue weighted by atomic mass is 16.6. The number of carbonyl (C=O) groups excluding carboxylic acids is 1. The van der Waals surface area contributed by atoms with E-state index >= 15 is 0 Å². The van der Waals surface area contributed by atoms with E-state index in [1.165, 1.54) is 30.0 Å². The normalized spacial score (nSPS) is 17.7. The summed E-state index contributed by atoms with van der Waals surface area (Å²) >= 11 is 0. The van der Waals surface area contributed by atoms with Crippen molar-refractivity contribution in [2.75, 3.05) is 11.5 Å². The number of aliphatic hydroxyl groups excluding tert-OH is 1. The largest absolute Gasteiger partial charge is 0.493 e. The molecule has 0 spiro atoms. The number of non-ortho nitro benzene ring substituents is 1. The lowest BCUT2D eigenvalue weighted by molar-refractivity contribution is -0.384. The Morgan fingerprint density at radius 2 is 1.96 bits per heavy atom. The lowest BCUT2D eigenvalue weighted by Crippen LogP contribution is -2.35. The van der Waals surface area contributed by atoms with Crippen LogP contribution in [0.5, 0.6) is 0 Å². The molecule has 7 heteroatoms. The predicted molar refractivity (Wildman–Crippen MR) is 97.1 cm³/mol. The maximum absolute atomic E-state index is 12.1. The number of nitro groups is 1. The summed E-state index contributed by atoms with van der Waals surface area (Å²) < 4.78 is 5.78. The van der Waals surface area contributed by atoms with Gasteiger partial charge < -0.3 is 9.84 Å². The van der Waals surface area contributed by atoms with E-state index in [4.69, 9.17) is 4.74 Å². The number of anilines is 1. The fourth-order valence-electron chi connectivity index (χ4n) is 3.10. The van der Waals surface area contributed by atoms with Gasteiger partial charge in [0.25, 0.3) is 5.69 Å². The first-order chi connectivity index (χ1) is 12.5. The molecule has 2 aromatic carbocycles. The third kappa shape index (κ3) is 2.93. The average Bonchev–Trinajstić information content (AvgIpc) is 2.91. The summed E-state index contributed by atoms with van der Waals surface area (Å²) in [6.07, 6.45) is -1.29. The lowest BCUT2D eigenvalue weighted by Gasteiger charge is -2.21. The van der Waals surface area contributed by atoms with Gasteiger partial charge in [-0.15, -0.1) is 0 Å².